The Morgan fingerprint density at radius 1 is 1.12 bits per heavy atom. The van der Waals surface area contributed by atoms with Crippen LogP contribution in [0.2, 0.25) is 0 Å². The van der Waals surface area contributed by atoms with Crippen molar-refractivity contribution in [1.29, 1.82) is 0 Å². The van der Waals surface area contributed by atoms with Crippen molar-refractivity contribution in [3.05, 3.63) is 125 Å². The van der Waals surface area contributed by atoms with Crippen molar-refractivity contribution in [2.24, 2.45) is 4.99 Å². The molecule has 0 fully saturated rings. The topological polar surface area (TPSA) is 79.1 Å². The van der Waals surface area contributed by atoms with E-state index in [1.807, 2.05) is 36.4 Å². The lowest BCUT2D eigenvalue weighted by molar-refractivity contribution is -0.136. The third-order valence-electron chi connectivity index (χ3n) is 6.39. The maximum Gasteiger partial charge on any atom is 0.338 e. The first-order chi connectivity index (χ1) is 19.3. The summed E-state index contributed by atoms with van der Waals surface area (Å²) in [6.07, 6.45) is 1.75. The molecule has 0 amide bonds. The van der Waals surface area contributed by atoms with E-state index in [0.29, 0.717) is 42.1 Å². The number of fused-ring (bicyclic) bond motifs is 1. The van der Waals surface area contributed by atoms with Crippen molar-refractivity contribution < 1.29 is 23.4 Å². The Balaban J connectivity index is 1.56. The number of thiazole rings is 1. The summed E-state index contributed by atoms with van der Waals surface area (Å²) in [4.78, 5) is 31.6. The molecule has 2 heterocycles. The molecular formula is C30H24BrFN2O5S. The Labute approximate surface area is 241 Å². The molecule has 0 radical (unpaired) electrons. The third-order valence-corrected chi connectivity index (χ3v) is 7.96. The summed E-state index contributed by atoms with van der Waals surface area (Å²) < 4.78 is 32.4. The molecule has 10 heteroatoms. The molecule has 5 rings (SSSR count). The van der Waals surface area contributed by atoms with Crippen LogP contribution in [0.4, 0.5) is 4.39 Å². The van der Waals surface area contributed by atoms with Gasteiger partial charge in [-0.05, 0) is 69.9 Å². The van der Waals surface area contributed by atoms with Crippen molar-refractivity contribution in [3.8, 4) is 11.5 Å². The lowest BCUT2D eigenvalue weighted by atomic mass is 9.96. The average molecular weight is 624 g/mol. The first-order valence-electron chi connectivity index (χ1n) is 12.2. The maximum absolute atomic E-state index is 13.8. The fourth-order valence-corrected chi connectivity index (χ4v) is 6.11. The van der Waals surface area contributed by atoms with Crippen molar-refractivity contribution in [2.75, 3.05) is 14.2 Å². The molecule has 0 saturated carbocycles. The predicted octanol–water partition coefficient (Wildman–Crippen LogP) is 4.90. The molecule has 1 aliphatic heterocycles. The zero-order valence-electron chi connectivity index (χ0n) is 21.8. The number of hydrogen-bond acceptors (Lipinski definition) is 7. The number of rotatable bonds is 7. The molecule has 7 nitrogen and oxygen atoms in total. The van der Waals surface area contributed by atoms with E-state index in [9.17, 15) is 14.0 Å². The molecule has 1 aliphatic rings. The second kappa shape index (κ2) is 11.6. The largest absolute Gasteiger partial charge is 0.493 e. The number of ether oxygens (including phenoxy) is 3. The van der Waals surface area contributed by atoms with Crippen LogP contribution in [0, 0.1) is 5.82 Å². The average Bonchev–Trinajstić information content (AvgIpc) is 3.26. The fourth-order valence-electron chi connectivity index (χ4n) is 4.49. The van der Waals surface area contributed by atoms with Crippen molar-refractivity contribution in [1.82, 2.24) is 4.57 Å². The number of nitrogens with zero attached hydrogens (tertiary/aromatic N) is 2. The standard InChI is InChI=1S/C30H24BrFN2O5S/c1-17-25(29(36)38-3)26(20-7-5-4-6-8-20)34-28(35)24(40-30(34)33-17)15-19-13-22(31)27(23(14-19)37-2)39-16-18-9-11-21(32)12-10-18/h4-15,26H,16H2,1-3H3. The van der Waals surface area contributed by atoms with Crippen LogP contribution in [0.3, 0.4) is 0 Å². The molecule has 0 N–H and O–H groups in total. The molecule has 1 aromatic heterocycles. The highest BCUT2D eigenvalue weighted by Gasteiger charge is 2.32. The number of halogens is 2. The number of esters is 1. The third kappa shape index (κ3) is 5.37. The van der Waals surface area contributed by atoms with Gasteiger partial charge in [-0.2, -0.15) is 0 Å². The lowest BCUT2D eigenvalue weighted by Crippen LogP contribution is -2.39. The van der Waals surface area contributed by atoms with Crippen LogP contribution in [0.15, 0.2) is 92.3 Å². The van der Waals surface area contributed by atoms with Crippen LogP contribution in [0.1, 0.15) is 29.7 Å². The molecule has 1 unspecified atom stereocenters. The number of carbonyl (C=O) groups excluding carboxylic acids is 1. The van der Waals surface area contributed by atoms with Gasteiger partial charge in [-0.3, -0.25) is 9.36 Å². The second-order valence-electron chi connectivity index (χ2n) is 8.93. The molecule has 0 aliphatic carbocycles. The normalized spacial score (nSPS) is 14.9. The van der Waals surface area contributed by atoms with Crippen LogP contribution < -0.4 is 24.4 Å². The minimum absolute atomic E-state index is 0.217. The summed E-state index contributed by atoms with van der Waals surface area (Å²) >= 11 is 4.79. The van der Waals surface area contributed by atoms with Crippen molar-refractivity contribution in [2.45, 2.75) is 19.6 Å². The number of benzene rings is 3. The number of hydrogen-bond donors (Lipinski definition) is 0. The van der Waals surface area contributed by atoms with Crippen LogP contribution >= 0.6 is 27.3 Å². The van der Waals surface area contributed by atoms with Crippen molar-refractivity contribution >= 4 is 39.3 Å². The summed E-state index contributed by atoms with van der Waals surface area (Å²) in [6.45, 7) is 1.96. The second-order valence-corrected chi connectivity index (χ2v) is 10.8. The SMILES string of the molecule is COC(=O)C1=C(C)N=c2sc(=Cc3cc(Br)c(OCc4ccc(F)cc4)c(OC)c3)c(=O)n2C1c1ccccc1. The molecule has 4 aromatic rings. The minimum atomic E-state index is -0.671. The van der Waals surface area contributed by atoms with E-state index in [1.54, 1.807) is 31.2 Å². The van der Waals surface area contributed by atoms with Gasteiger partial charge >= 0.3 is 5.97 Å². The lowest BCUT2D eigenvalue weighted by Gasteiger charge is -2.24. The van der Waals surface area contributed by atoms with E-state index >= 15 is 0 Å². The number of allylic oxidation sites excluding steroid dienone is 1. The molecule has 1 atom stereocenters. The Bertz CT molecular complexity index is 1800. The zero-order valence-corrected chi connectivity index (χ0v) is 24.2. The Hall–Kier alpha value is -4.02. The molecular weight excluding hydrogens is 599 g/mol. The summed E-state index contributed by atoms with van der Waals surface area (Å²) in [5.41, 5.74) is 2.81. The minimum Gasteiger partial charge on any atom is -0.493 e. The molecule has 0 saturated heterocycles. The molecule has 3 aromatic carbocycles. The maximum atomic E-state index is 13.8. The van der Waals surface area contributed by atoms with Gasteiger partial charge in [-0.25, -0.2) is 14.2 Å². The zero-order chi connectivity index (χ0) is 28.4. The van der Waals surface area contributed by atoms with Crippen LogP contribution in [-0.4, -0.2) is 24.8 Å². The van der Waals surface area contributed by atoms with E-state index in [-0.39, 0.29) is 18.0 Å². The summed E-state index contributed by atoms with van der Waals surface area (Å²) in [5.74, 6) is 0.0903. The van der Waals surface area contributed by atoms with Gasteiger partial charge < -0.3 is 14.2 Å². The smallest absolute Gasteiger partial charge is 0.338 e. The first-order valence-corrected chi connectivity index (χ1v) is 13.8. The van der Waals surface area contributed by atoms with E-state index in [1.165, 1.54) is 42.3 Å². The predicted molar refractivity (Wildman–Crippen MR) is 154 cm³/mol. The Morgan fingerprint density at radius 2 is 1.85 bits per heavy atom. The van der Waals surface area contributed by atoms with Gasteiger partial charge in [0.05, 0.1) is 40.5 Å². The highest BCUT2D eigenvalue weighted by molar-refractivity contribution is 9.10. The number of carbonyl (C=O) groups is 1. The van der Waals surface area contributed by atoms with Crippen LogP contribution in [-0.2, 0) is 16.1 Å². The Morgan fingerprint density at radius 3 is 2.52 bits per heavy atom. The van der Waals surface area contributed by atoms with Gasteiger partial charge in [0.15, 0.2) is 16.3 Å². The number of aromatic nitrogens is 1. The van der Waals surface area contributed by atoms with E-state index in [0.717, 1.165) is 11.1 Å². The summed E-state index contributed by atoms with van der Waals surface area (Å²) in [7, 11) is 2.84. The van der Waals surface area contributed by atoms with Gasteiger partial charge in [0.2, 0.25) is 0 Å². The number of methoxy groups -OCH3 is 2. The highest BCUT2D eigenvalue weighted by atomic mass is 79.9. The van der Waals surface area contributed by atoms with Crippen LogP contribution in [0.5, 0.6) is 11.5 Å². The highest BCUT2D eigenvalue weighted by Crippen LogP contribution is 2.37. The van der Waals surface area contributed by atoms with Crippen molar-refractivity contribution in [3.63, 3.8) is 0 Å². The molecule has 0 spiro atoms. The monoisotopic (exact) mass is 622 g/mol. The summed E-state index contributed by atoms with van der Waals surface area (Å²) in [5, 5.41) is 0. The summed E-state index contributed by atoms with van der Waals surface area (Å²) in [6, 6.07) is 18.3. The van der Waals surface area contributed by atoms with E-state index in [2.05, 4.69) is 20.9 Å². The first kappa shape index (κ1) is 27.5. The van der Waals surface area contributed by atoms with Gasteiger partial charge in [0.1, 0.15) is 12.4 Å². The molecule has 40 heavy (non-hydrogen) atoms. The van der Waals surface area contributed by atoms with Crippen LogP contribution in [0.25, 0.3) is 6.08 Å². The van der Waals surface area contributed by atoms with E-state index in [4.69, 9.17) is 14.2 Å². The molecule has 0 bridgehead atoms. The van der Waals surface area contributed by atoms with E-state index < -0.39 is 12.0 Å². The van der Waals surface area contributed by atoms with Gasteiger partial charge in [-0.1, -0.05) is 53.8 Å². The molecule has 204 valence electrons. The van der Waals surface area contributed by atoms with Gasteiger partial charge in [-0.15, -0.1) is 0 Å². The Kier molecular flexibility index (Phi) is 7.99. The van der Waals surface area contributed by atoms with Gasteiger partial charge in [0, 0.05) is 0 Å². The quantitative estimate of drug-likeness (QED) is 0.274. The van der Waals surface area contributed by atoms with Gasteiger partial charge in [0.25, 0.3) is 5.56 Å². The fraction of sp³-hybridized carbons (Fsp3) is 0.167.